The van der Waals surface area contributed by atoms with E-state index in [1.165, 1.54) is 19.2 Å². The summed E-state index contributed by atoms with van der Waals surface area (Å²) in [5.74, 6) is -1.03. The summed E-state index contributed by atoms with van der Waals surface area (Å²) >= 11 is 5.60. The van der Waals surface area contributed by atoms with Gasteiger partial charge in [0.05, 0.1) is 18.4 Å². The first-order valence-corrected chi connectivity index (χ1v) is 5.97. The van der Waals surface area contributed by atoms with Crippen molar-refractivity contribution in [1.29, 1.82) is 0 Å². The van der Waals surface area contributed by atoms with Gasteiger partial charge in [-0.15, -0.1) is 10.2 Å². The van der Waals surface area contributed by atoms with E-state index in [1.807, 2.05) is 0 Å². The molecule has 1 amide bonds. The first-order valence-electron chi connectivity index (χ1n) is 5.59. The fourth-order valence-corrected chi connectivity index (χ4v) is 1.60. The number of rotatable bonds is 3. The lowest BCUT2D eigenvalue weighted by Crippen LogP contribution is -2.17. The molecule has 0 saturated carbocycles. The summed E-state index contributed by atoms with van der Waals surface area (Å²) in [7, 11) is 1.27. The van der Waals surface area contributed by atoms with E-state index in [4.69, 9.17) is 11.6 Å². The highest BCUT2D eigenvalue weighted by Gasteiger charge is 2.15. The van der Waals surface area contributed by atoms with Crippen LogP contribution in [0.1, 0.15) is 20.8 Å². The number of esters is 1. The van der Waals surface area contributed by atoms with Crippen LogP contribution in [0.15, 0.2) is 36.4 Å². The minimum absolute atomic E-state index is 0.0917. The molecule has 0 aliphatic carbocycles. The smallest absolute Gasteiger partial charge is 0.339 e. The largest absolute Gasteiger partial charge is 0.465 e. The fourth-order valence-electron chi connectivity index (χ4n) is 1.50. The van der Waals surface area contributed by atoms with Crippen molar-refractivity contribution < 1.29 is 14.3 Å². The van der Waals surface area contributed by atoms with E-state index in [1.54, 1.807) is 24.3 Å². The fraction of sp³-hybridized carbons (Fsp3) is 0.0769. The van der Waals surface area contributed by atoms with Crippen molar-refractivity contribution in [2.24, 2.45) is 0 Å². The van der Waals surface area contributed by atoms with Gasteiger partial charge in [-0.1, -0.05) is 23.7 Å². The maximum absolute atomic E-state index is 12.0. The summed E-state index contributed by atoms with van der Waals surface area (Å²) in [5, 5.41) is 10.0. The average Bonchev–Trinajstić information content (AvgIpc) is 2.47. The molecule has 1 aromatic carbocycles. The Morgan fingerprint density at radius 3 is 2.55 bits per heavy atom. The Morgan fingerprint density at radius 1 is 1.15 bits per heavy atom. The zero-order valence-electron chi connectivity index (χ0n) is 10.5. The molecule has 0 aliphatic heterocycles. The zero-order chi connectivity index (χ0) is 14.5. The van der Waals surface area contributed by atoms with Crippen LogP contribution in [0.5, 0.6) is 0 Å². The lowest BCUT2D eigenvalue weighted by atomic mass is 10.1. The van der Waals surface area contributed by atoms with Crippen molar-refractivity contribution in [2.45, 2.75) is 0 Å². The van der Waals surface area contributed by atoms with Gasteiger partial charge in [0.2, 0.25) is 0 Å². The summed E-state index contributed by atoms with van der Waals surface area (Å²) in [6.07, 6.45) is 0. The Kier molecular flexibility index (Phi) is 4.27. The topological polar surface area (TPSA) is 81.2 Å². The number of nitrogens with one attached hydrogen (secondary N) is 1. The van der Waals surface area contributed by atoms with Crippen LogP contribution in [0.3, 0.4) is 0 Å². The van der Waals surface area contributed by atoms with Gasteiger partial charge in [-0.3, -0.25) is 4.79 Å². The number of aromatic nitrogens is 2. The van der Waals surface area contributed by atoms with E-state index in [-0.39, 0.29) is 16.4 Å². The summed E-state index contributed by atoms with van der Waals surface area (Å²) in [5.41, 5.74) is 0.681. The van der Waals surface area contributed by atoms with Gasteiger partial charge in [0.25, 0.3) is 5.91 Å². The number of halogens is 1. The molecule has 6 nitrogen and oxygen atoms in total. The molecule has 0 atom stereocenters. The number of carbonyl (C=O) groups is 2. The molecule has 0 spiro atoms. The molecule has 102 valence electrons. The van der Waals surface area contributed by atoms with Gasteiger partial charge in [0.15, 0.2) is 10.8 Å². The van der Waals surface area contributed by atoms with Crippen molar-refractivity contribution in [3.63, 3.8) is 0 Å². The number of amides is 1. The maximum atomic E-state index is 12.0. The lowest BCUT2D eigenvalue weighted by Gasteiger charge is -2.08. The number of anilines is 1. The number of carbonyl (C=O) groups excluding carboxylic acids is 2. The van der Waals surface area contributed by atoms with Crippen molar-refractivity contribution in [2.75, 3.05) is 12.4 Å². The summed E-state index contributed by atoms with van der Waals surface area (Å²) in [4.78, 5) is 23.6. The Bertz CT molecular complexity index is 644. The molecule has 0 fully saturated rings. The zero-order valence-corrected chi connectivity index (χ0v) is 11.2. The number of ether oxygens (including phenoxy) is 1. The Labute approximate surface area is 119 Å². The molecule has 0 saturated heterocycles. The van der Waals surface area contributed by atoms with Gasteiger partial charge in [-0.2, -0.15) is 0 Å². The Morgan fingerprint density at radius 2 is 1.90 bits per heavy atom. The van der Waals surface area contributed by atoms with Crippen LogP contribution in [0.25, 0.3) is 0 Å². The quantitative estimate of drug-likeness (QED) is 0.877. The molecular formula is C13H10ClN3O3. The number of nitrogens with zero attached hydrogens (tertiary/aromatic N) is 2. The van der Waals surface area contributed by atoms with E-state index >= 15 is 0 Å². The summed E-state index contributed by atoms with van der Waals surface area (Å²) in [6, 6.07) is 9.39. The van der Waals surface area contributed by atoms with Crippen LogP contribution in [0.2, 0.25) is 5.15 Å². The molecule has 2 aromatic rings. The minimum Gasteiger partial charge on any atom is -0.465 e. The monoisotopic (exact) mass is 291 g/mol. The van der Waals surface area contributed by atoms with Gasteiger partial charge in [-0.25, -0.2) is 4.79 Å². The third-order valence-electron chi connectivity index (χ3n) is 2.45. The Hall–Kier alpha value is -2.47. The number of para-hydroxylation sites is 1. The van der Waals surface area contributed by atoms with Crippen molar-refractivity contribution in [3.8, 4) is 0 Å². The second-order valence-corrected chi connectivity index (χ2v) is 4.12. The minimum atomic E-state index is -0.539. The number of methoxy groups -OCH3 is 1. The van der Waals surface area contributed by atoms with Gasteiger partial charge in [0, 0.05) is 0 Å². The van der Waals surface area contributed by atoms with Crippen molar-refractivity contribution in [3.05, 3.63) is 52.8 Å². The van der Waals surface area contributed by atoms with Crippen LogP contribution < -0.4 is 5.32 Å². The molecule has 1 aromatic heterocycles. The molecule has 2 rings (SSSR count). The normalized spacial score (nSPS) is 9.90. The third kappa shape index (κ3) is 3.10. The lowest BCUT2D eigenvalue weighted by molar-refractivity contribution is 0.0602. The van der Waals surface area contributed by atoms with Gasteiger partial charge in [-0.05, 0) is 24.3 Å². The standard InChI is InChI=1S/C13H10ClN3O3/c1-20-13(19)8-4-2-3-5-9(8)15-12(18)10-6-7-11(14)17-16-10/h2-7H,1H3,(H,15,18). The molecule has 0 radical (unpaired) electrons. The molecule has 0 aliphatic rings. The molecule has 7 heteroatoms. The van der Waals surface area contributed by atoms with Gasteiger partial charge >= 0.3 is 5.97 Å². The van der Waals surface area contributed by atoms with Crippen LogP contribution in [0, 0.1) is 0 Å². The van der Waals surface area contributed by atoms with Crippen LogP contribution in [-0.2, 0) is 4.74 Å². The average molecular weight is 292 g/mol. The molecule has 0 unspecified atom stereocenters. The first kappa shape index (κ1) is 14.0. The van der Waals surface area contributed by atoms with Crippen LogP contribution in [0.4, 0.5) is 5.69 Å². The second-order valence-electron chi connectivity index (χ2n) is 3.73. The van der Waals surface area contributed by atoms with Crippen molar-refractivity contribution in [1.82, 2.24) is 10.2 Å². The molecule has 1 N–H and O–H groups in total. The number of hydrogen-bond acceptors (Lipinski definition) is 5. The highest BCUT2D eigenvalue weighted by Crippen LogP contribution is 2.16. The molecular weight excluding hydrogens is 282 g/mol. The molecule has 0 bridgehead atoms. The summed E-state index contributed by atoms with van der Waals surface area (Å²) < 4.78 is 4.64. The SMILES string of the molecule is COC(=O)c1ccccc1NC(=O)c1ccc(Cl)nn1. The predicted octanol–water partition coefficient (Wildman–Crippen LogP) is 2.17. The van der Waals surface area contributed by atoms with Gasteiger partial charge < -0.3 is 10.1 Å². The van der Waals surface area contributed by atoms with Crippen molar-refractivity contribution >= 4 is 29.2 Å². The second kappa shape index (κ2) is 6.12. The highest BCUT2D eigenvalue weighted by atomic mass is 35.5. The highest BCUT2D eigenvalue weighted by molar-refractivity contribution is 6.29. The maximum Gasteiger partial charge on any atom is 0.339 e. The number of benzene rings is 1. The molecule has 1 heterocycles. The van der Waals surface area contributed by atoms with E-state index in [2.05, 4.69) is 20.3 Å². The van der Waals surface area contributed by atoms with E-state index in [0.29, 0.717) is 5.69 Å². The predicted molar refractivity (Wildman–Crippen MR) is 72.8 cm³/mol. The molecule has 20 heavy (non-hydrogen) atoms. The van der Waals surface area contributed by atoms with Crippen LogP contribution in [-0.4, -0.2) is 29.2 Å². The first-order chi connectivity index (χ1) is 9.61. The van der Waals surface area contributed by atoms with Crippen LogP contribution >= 0.6 is 11.6 Å². The van der Waals surface area contributed by atoms with Gasteiger partial charge in [0.1, 0.15) is 0 Å². The summed E-state index contributed by atoms with van der Waals surface area (Å²) in [6.45, 7) is 0. The van der Waals surface area contributed by atoms with E-state index in [9.17, 15) is 9.59 Å². The Balaban J connectivity index is 2.24. The van der Waals surface area contributed by atoms with E-state index in [0.717, 1.165) is 0 Å². The number of hydrogen-bond donors (Lipinski definition) is 1. The van der Waals surface area contributed by atoms with E-state index < -0.39 is 11.9 Å². The third-order valence-corrected chi connectivity index (χ3v) is 2.65.